The first-order valence-corrected chi connectivity index (χ1v) is 9.80. The Bertz CT molecular complexity index is 1120. The maximum Gasteiger partial charge on any atom is 0.273 e. The lowest BCUT2D eigenvalue weighted by atomic mass is 10.1. The van der Waals surface area contributed by atoms with Crippen molar-refractivity contribution in [3.8, 4) is 28.3 Å². The zero-order chi connectivity index (χ0) is 20.8. The molecule has 5 heteroatoms. The maximum absolute atomic E-state index is 12.5. The molecule has 0 fully saturated rings. The SMILES string of the molecule is Cc1oc(-c2ccccc2)nc1C(=O)NCCOc1ccccc1-c1ccccc1. The largest absolute Gasteiger partial charge is 0.491 e. The number of nitrogens with one attached hydrogen (secondary N) is 1. The molecule has 0 bridgehead atoms. The zero-order valence-corrected chi connectivity index (χ0v) is 16.7. The molecule has 0 saturated heterocycles. The van der Waals surface area contributed by atoms with Gasteiger partial charge in [-0.25, -0.2) is 4.98 Å². The van der Waals surface area contributed by atoms with E-state index in [4.69, 9.17) is 9.15 Å². The standard InChI is InChI=1S/C25H22N2O3/c1-18-23(27-25(30-18)20-12-6-3-7-13-20)24(28)26-16-17-29-22-15-9-8-14-21(22)19-10-4-2-5-11-19/h2-15H,16-17H2,1H3,(H,26,28). The van der Waals surface area contributed by atoms with Crippen LogP contribution in [0.25, 0.3) is 22.6 Å². The monoisotopic (exact) mass is 398 g/mol. The highest BCUT2D eigenvalue weighted by Crippen LogP contribution is 2.29. The Balaban J connectivity index is 1.36. The Morgan fingerprint density at radius 1 is 0.900 bits per heavy atom. The summed E-state index contributed by atoms with van der Waals surface area (Å²) in [6.07, 6.45) is 0. The summed E-state index contributed by atoms with van der Waals surface area (Å²) in [7, 11) is 0. The summed E-state index contributed by atoms with van der Waals surface area (Å²) in [6.45, 7) is 2.44. The minimum absolute atomic E-state index is 0.279. The molecule has 0 unspecified atom stereocenters. The van der Waals surface area contributed by atoms with Gasteiger partial charge >= 0.3 is 0 Å². The van der Waals surface area contributed by atoms with Crippen molar-refractivity contribution < 1.29 is 13.9 Å². The van der Waals surface area contributed by atoms with Crippen molar-refractivity contribution in [2.45, 2.75) is 6.92 Å². The molecule has 0 spiro atoms. The molecule has 30 heavy (non-hydrogen) atoms. The highest BCUT2D eigenvalue weighted by Gasteiger charge is 2.17. The second kappa shape index (κ2) is 9.09. The van der Waals surface area contributed by atoms with E-state index in [1.807, 2.05) is 84.9 Å². The third-order valence-corrected chi connectivity index (χ3v) is 4.65. The Hall–Kier alpha value is -3.86. The van der Waals surface area contributed by atoms with Gasteiger partial charge in [0.25, 0.3) is 5.91 Å². The van der Waals surface area contributed by atoms with Crippen molar-refractivity contribution in [1.82, 2.24) is 10.3 Å². The van der Waals surface area contributed by atoms with E-state index in [1.165, 1.54) is 0 Å². The molecular weight excluding hydrogens is 376 g/mol. The molecule has 0 aliphatic carbocycles. The predicted molar refractivity (Wildman–Crippen MR) is 116 cm³/mol. The molecule has 4 rings (SSSR count). The molecule has 1 heterocycles. The lowest BCUT2D eigenvalue weighted by molar-refractivity contribution is 0.0941. The Morgan fingerprint density at radius 3 is 2.27 bits per heavy atom. The third kappa shape index (κ3) is 4.41. The number of benzene rings is 3. The Morgan fingerprint density at radius 2 is 1.53 bits per heavy atom. The number of para-hydroxylation sites is 1. The number of aromatic nitrogens is 1. The average Bonchev–Trinajstić information content (AvgIpc) is 3.20. The molecule has 0 radical (unpaired) electrons. The van der Waals surface area contributed by atoms with Gasteiger partial charge in [-0.05, 0) is 30.7 Å². The van der Waals surface area contributed by atoms with Crippen LogP contribution in [0.15, 0.2) is 89.3 Å². The predicted octanol–water partition coefficient (Wildman–Crippen LogP) is 5.13. The van der Waals surface area contributed by atoms with Crippen LogP contribution in [0.4, 0.5) is 0 Å². The van der Waals surface area contributed by atoms with Crippen LogP contribution in [-0.2, 0) is 0 Å². The van der Waals surface area contributed by atoms with Crippen LogP contribution < -0.4 is 10.1 Å². The summed E-state index contributed by atoms with van der Waals surface area (Å²) in [5.41, 5.74) is 3.23. The maximum atomic E-state index is 12.5. The summed E-state index contributed by atoms with van der Waals surface area (Å²) in [5.74, 6) is 1.42. The van der Waals surface area contributed by atoms with Crippen LogP contribution in [0.1, 0.15) is 16.2 Å². The summed E-state index contributed by atoms with van der Waals surface area (Å²) < 4.78 is 11.6. The fourth-order valence-electron chi connectivity index (χ4n) is 3.17. The summed E-state index contributed by atoms with van der Waals surface area (Å²) in [4.78, 5) is 16.9. The molecule has 1 amide bonds. The van der Waals surface area contributed by atoms with Gasteiger partial charge in [0, 0.05) is 11.1 Å². The quantitative estimate of drug-likeness (QED) is 0.439. The van der Waals surface area contributed by atoms with Gasteiger partial charge in [0.1, 0.15) is 18.1 Å². The van der Waals surface area contributed by atoms with Crippen LogP contribution in [-0.4, -0.2) is 24.0 Å². The van der Waals surface area contributed by atoms with Crippen LogP contribution >= 0.6 is 0 Å². The van der Waals surface area contributed by atoms with E-state index in [-0.39, 0.29) is 5.91 Å². The second-order valence-electron chi connectivity index (χ2n) is 6.76. The zero-order valence-electron chi connectivity index (χ0n) is 16.7. The first kappa shape index (κ1) is 19.5. The van der Waals surface area contributed by atoms with Crippen molar-refractivity contribution in [3.05, 3.63) is 96.4 Å². The van der Waals surface area contributed by atoms with E-state index < -0.39 is 0 Å². The van der Waals surface area contributed by atoms with Crippen molar-refractivity contribution in [2.24, 2.45) is 0 Å². The first-order chi connectivity index (χ1) is 14.7. The molecule has 4 aromatic rings. The number of hydrogen-bond acceptors (Lipinski definition) is 4. The number of amides is 1. The van der Waals surface area contributed by atoms with Crippen LogP contribution in [0, 0.1) is 6.92 Å². The Labute approximate surface area is 175 Å². The highest BCUT2D eigenvalue weighted by molar-refractivity contribution is 5.93. The van der Waals surface area contributed by atoms with Crippen molar-refractivity contribution >= 4 is 5.91 Å². The number of carbonyl (C=O) groups is 1. The number of ether oxygens (including phenoxy) is 1. The molecule has 150 valence electrons. The molecule has 1 aromatic heterocycles. The average molecular weight is 398 g/mol. The number of aryl methyl sites for hydroxylation is 1. The molecule has 0 aliphatic heterocycles. The second-order valence-corrected chi connectivity index (χ2v) is 6.76. The first-order valence-electron chi connectivity index (χ1n) is 9.80. The van der Waals surface area contributed by atoms with E-state index in [1.54, 1.807) is 6.92 Å². The van der Waals surface area contributed by atoms with Gasteiger partial charge in [-0.2, -0.15) is 0 Å². The fourth-order valence-corrected chi connectivity index (χ4v) is 3.17. The van der Waals surface area contributed by atoms with E-state index in [0.29, 0.717) is 30.5 Å². The molecule has 1 N–H and O–H groups in total. The summed E-state index contributed by atoms with van der Waals surface area (Å²) >= 11 is 0. The number of nitrogens with zero attached hydrogens (tertiary/aromatic N) is 1. The molecular formula is C25H22N2O3. The molecule has 0 aliphatic rings. The normalized spacial score (nSPS) is 10.6. The lowest BCUT2D eigenvalue weighted by Gasteiger charge is -2.12. The van der Waals surface area contributed by atoms with Crippen LogP contribution in [0.2, 0.25) is 0 Å². The molecule has 0 saturated carbocycles. The van der Waals surface area contributed by atoms with Crippen molar-refractivity contribution in [3.63, 3.8) is 0 Å². The van der Waals surface area contributed by atoms with Crippen molar-refractivity contribution in [1.29, 1.82) is 0 Å². The van der Waals surface area contributed by atoms with Crippen LogP contribution in [0.5, 0.6) is 5.75 Å². The van der Waals surface area contributed by atoms with Gasteiger partial charge in [0.05, 0.1) is 6.54 Å². The van der Waals surface area contributed by atoms with Gasteiger partial charge in [0.2, 0.25) is 5.89 Å². The minimum Gasteiger partial charge on any atom is -0.491 e. The topological polar surface area (TPSA) is 64.4 Å². The van der Waals surface area contributed by atoms with Gasteiger partial charge in [-0.15, -0.1) is 0 Å². The smallest absolute Gasteiger partial charge is 0.273 e. The van der Waals surface area contributed by atoms with E-state index in [2.05, 4.69) is 10.3 Å². The van der Waals surface area contributed by atoms with Crippen molar-refractivity contribution in [2.75, 3.05) is 13.2 Å². The highest BCUT2D eigenvalue weighted by atomic mass is 16.5. The van der Waals surface area contributed by atoms with E-state index in [0.717, 1.165) is 22.4 Å². The molecule has 5 nitrogen and oxygen atoms in total. The molecule has 3 aromatic carbocycles. The van der Waals surface area contributed by atoms with Gasteiger partial charge in [-0.3, -0.25) is 4.79 Å². The number of carbonyl (C=O) groups excluding carboxylic acids is 1. The van der Waals surface area contributed by atoms with Gasteiger partial charge in [-0.1, -0.05) is 66.7 Å². The van der Waals surface area contributed by atoms with Crippen LogP contribution in [0.3, 0.4) is 0 Å². The number of rotatable bonds is 7. The van der Waals surface area contributed by atoms with Gasteiger partial charge in [0.15, 0.2) is 5.69 Å². The van der Waals surface area contributed by atoms with E-state index >= 15 is 0 Å². The lowest BCUT2D eigenvalue weighted by Crippen LogP contribution is -2.28. The Kier molecular flexibility index (Phi) is 5.90. The fraction of sp³-hybridized carbons (Fsp3) is 0.120. The van der Waals surface area contributed by atoms with Gasteiger partial charge < -0.3 is 14.5 Å². The van der Waals surface area contributed by atoms with E-state index in [9.17, 15) is 4.79 Å². The summed E-state index contributed by atoms with van der Waals surface area (Å²) in [5, 5.41) is 2.85. The molecule has 0 atom stereocenters. The third-order valence-electron chi connectivity index (χ3n) is 4.65. The number of hydrogen-bond donors (Lipinski definition) is 1. The number of oxazole rings is 1. The minimum atomic E-state index is -0.279. The summed E-state index contributed by atoms with van der Waals surface area (Å²) in [6, 6.07) is 27.4.